The molecule has 152 valence electrons. The maximum absolute atomic E-state index is 12.7. The molecule has 0 atom stereocenters. The summed E-state index contributed by atoms with van der Waals surface area (Å²) in [4.78, 5) is 6.01. The number of hydrogen-bond acceptors (Lipinski definition) is 3. The normalized spacial score (nSPS) is 12.0. The lowest BCUT2D eigenvalue weighted by molar-refractivity contribution is -0.137. The molecular formula is C20H24F3N3O2. The van der Waals surface area contributed by atoms with Crippen LogP contribution in [0.2, 0.25) is 0 Å². The molecular weight excluding hydrogens is 371 g/mol. The lowest BCUT2D eigenvalue weighted by atomic mass is 10.1. The zero-order chi connectivity index (χ0) is 20.7. The Labute approximate surface area is 162 Å². The molecule has 0 saturated heterocycles. The van der Waals surface area contributed by atoms with Crippen LogP contribution in [0.5, 0.6) is 11.5 Å². The van der Waals surface area contributed by atoms with Crippen LogP contribution in [-0.2, 0) is 19.1 Å². The largest absolute Gasteiger partial charge is 0.508 e. The van der Waals surface area contributed by atoms with Gasteiger partial charge in [-0.15, -0.1) is 0 Å². The van der Waals surface area contributed by atoms with E-state index in [1.165, 1.54) is 19.2 Å². The zero-order valence-electron chi connectivity index (χ0n) is 16.0. The van der Waals surface area contributed by atoms with Crippen LogP contribution >= 0.6 is 0 Å². The van der Waals surface area contributed by atoms with Crippen molar-refractivity contribution < 1.29 is 23.0 Å². The van der Waals surface area contributed by atoms with Crippen molar-refractivity contribution in [3.8, 4) is 11.5 Å². The number of phenolic OH excluding ortho intramolecular Hbond substituents is 1. The topological polar surface area (TPSA) is 57.1 Å². The van der Waals surface area contributed by atoms with Gasteiger partial charge in [0.25, 0.3) is 0 Å². The molecule has 0 spiro atoms. The number of aromatic hydroxyl groups is 1. The first-order valence-corrected chi connectivity index (χ1v) is 8.68. The summed E-state index contributed by atoms with van der Waals surface area (Å²) in [5.41, 5.74) is 0.848. The standard InChI is InChI=1S/C20H24F3N3O2/c1-24-19(25-11-10-15-6-9-17(28-3)12-18(15)27)26(2)13-14-4-7-16(8-5-14)20(21,22)23/h4-9,12,27H,10-11,13H2,1-3H3,(H,24,25). The van der Waals surface area contributed by atoms with Crippen molar-refractivity contribution >= 4 is 5.96 Å². The number of nitrogens with zero attached hydrogens (tertiary/aromatic N) is 2. The fourth-order valence-corrected chi connectivity index (χ4v) is 2.72. The number of guanidine groups is 1. The van der Waals surface area contributed by atoms with Crippen LogP contribution in [0.25, 0.3) is 0 Å². The molecule has 0 aliphatic heterocycles. The van der Waals surface area contributed by atoms with Crippen LogP contribution < -0.4 is 10.1 Å². The molecule has 0 unspecified atom stereocenters. The second-order valence-electron chi connectivity index (χ2n) is 6.27. The molecule has 0 amide bonds. The number of rotatable bonds is 6. The number of hydrogen-bond donors (Lipinski definition) is 2. The van der Waals surface area contributed by atoms with E-state index in [0.29, 0.717) is 31.2 Å². The summed E-state index contributed by atoms with van der Waals surface area (Å²) in [5, 5.41) is 13.2. The summed E-state index contributed by atoms with van der Waals surface area (Å²) in [6.45, 7) is 0.940. The number of nitrogens with one attached hydrogen (secondary N) is 1. The zero-order valence-corrected chi connectivity index (χ0v) is 16.0. The Hall–Kier alpha value is -2.90. The summed E-state index contributed by atoms with van der Waals surface area (Å²) in [6, 6.07) is 10.2. The number of ether oxygens (including phenoxy) is 1. The smallest absolute Gasteiger partial charge is 0.416 e. The van der Waals surface area contributed by atoms with Gasteiger partial charge in [0.05, 0.1) is 12.7 Å². The number of benzene rings is 2. The van der Waals surface area contributed by atoms with Crippen LogP contribution in [0.4, 0.5) is 13.2 Å². The predicted octanol–water partition coefficient (Wildman–Crippen LogP) is 3.67. The number of aliphatic imine (C=N–C) groups is 1. The van der Waals surface area contributed by atoms with E-state index >= 15 is 0 Å². The van der Waals surface area contributed by atoms with Crippen LogP contribution in [0.15, 0.2) is 47.5 Å². The SMILES string of the molecule is CN=C(NCCc1ccc(OC)cc1O)N(C)Cc1ccc(C(F)(F)F)cc1. The van der Waals surface area contributed by atoms with Crippen molar-refractivity contribution in [1.29, 1.82) is 0 Å². The number of phenols is 1. The third-order valence-corrected chi connectivity index (χ3v) is 4.24. The monoisotopic (exact) mass is 395 g/mol. The molecule has 0 bridgehead atoms. The summed E-state index contributed by atoms with van der Waals surface area (Å²) >= 11 is 0. The third-order valence-electron chi connectivity index (χ3n) is 4.24. The van der Waals surface area contributed by atoms with Crippen molar-refractivity contribution in [3.05, 3.63) is 59.2 Å². The minimum atomic E-state index is -4.34. The maximum Gasteiger partial charge on any atom is 0.416 e. The molecule has 2 aromatic carbocycles. The van der Waals surface area contributed by atoms with Gasteiger partial charge in [0, 0.05) is 33.3 Å². The highest BCUT2D eigenvalue weighted by atomic mass is 19.4. The minimum absolute atomic E-state index is 0.161. The molecule has 0 radical (unpaired) electrons. The van der Waals surface area contributed by atoms with E-state index in [2.05, 4.69) is 10.3 Å². The molecule has 28 heavy (non-hydrogen) atoms. The fourth-order valence-electron chi connectivity index (χ4n) is 2.72. The summed E-state index contributed by atoms with van der Waals surface area (Å²) in [6.07, 6.45) is -3.77. The van der Waals surface area contributed by atoms with Gasteiger partial charge >= 0.3 is 6.18 Å². The first-order chi connectivity index (χ1) is 13.2. The van der Waals surface area contributed by atoms with Gasteiger partial charge in [0.2, 0.25) is 0 Å². The first-order valence-electron chi connectivity index (χ1n) is 8.68. The van der Waals surface area contributed by atoms with Gasteiger partial charge in [-0.25, -0.2) is 0 Å². The predicted molar refractivity (Wildman–Crippen MR) is 103 cm³/mol. The molecule has 0 aliphatic rings. The average molecular weight is 395 g/mol. The average Bonchev–Trinajstić information content (AvgIpc) is 2.65. The molecule has 2 aromatic rings. The van der Waals surface area contributed by atoms with Crippen molar-refractivity contribution in [1.82, 2.24) is 10.2 Å². The van der Waals surface area contributed by atoms with Crippen molar-refractivity contribution in [2.24, 2.45) is 4.99 Å². The van der Waals surface area contributed by atoms with E-state index in [-0.39, 0.29) is 5.75 Å². The Morgan fingerprint density at radius 3 is 2.39 bits per heavy atom. The second-order valence-corrected chi connectivity index (χ2v) is 6.27. The van der Waals surface area contributed by atoms with Gasteiger partial charge in [0.15, 0.2) is 5.96 Å². The Balaban J connectivity index is 1.90. The highest BCUT2D eigenvalue weighted by Crippen LogP contribution is 2.29. The Kier molecular flexibility index (Phi) is 7.14. The Morgan fingerprint density at radius 1 is 1.18 bits per heavy atom. The molecule has 8 heteroatoms. The summed E-state index contributed by atoms with van der Waals surface area (Å²) < 4.78 is 43.0. The van der Waals surface area contributed by atoms with Gasteiger partial charge in [-0.2, -0.15) is 13.2 Å². The fraction of sp³-hybridized carbons (Fsp3) is 0.350. The summed E-state index contributed by atoms with van der Waals surface area (Å²) in [7, 11) is 4.97. The van der Waals surface area contributed by atoms with E-state index in [4.69, 9.17) is 4.74 Å². The van der Waals surface area contributed by atoms with Crippen LogP contribution in [0.1, 0.15) is 16.7 Å². The molecule has 0 aliphatic carbocycles. The highest BCUT2D eigenvalue weighted by Gasteiger charge is 2.29. The Morgan fingerprint density at radius 2 is 1.86 bits per heavy atom. The van der Waals surface area contributed by atoms with Gasteiger partial charge in [0.1, 0.15) is 11.5 Å². The molecule has 0 aromatic heterocycles. The van der Waals surface area contributed by atoms with E-state index in [0.717, 1.165) is 23.3 Å². The van der Waals surface area contributed by atoms with Gasteiger partial charge in [-0.1, -0.05) is 18.2 Å². The lowest BCUT2D eigenvalue weighted by Gasteiger charge is -2.22. The van der Waals surface area contributed by atoms with Crippen LogP contribution in [0, 0.1) is 0 Å². The molecule has 2 N–H and O–H groups in total. The van der Waals surface area contributed by atoms with E-state index < -0.39 is 11.7 Å². The number of halogens is 3. The van der Waals surface area contributed by atoms with Gasteiger partial charge < -0.3 is 20.1 Å². The molecule has 2 rings (SSSR count). The molecule has 0 saturated carbocycles. The molecule has 0 heterocycles. The van der Waals surface area contributed by atoms with Crippen molar-refractivity contribution in [2.45, 2.75) is 19.1 Å². The maximum atomic E-state index is 12.7. The quantitative estimate of drug-likeness (QED) is 0.579. The van der Waals surface area contributed by atoms with Crippen LogP contribution in [-0.4, -0.2) is 43.7 Å². The number of alkyl halides is 3. The summed E-state index contributed by atoms with van der Waals surface area (Å²) in [5.74, 6) is 1.35. The molecule has 5 nitrogen and oxygen atoms in total. The lowest BCUT2D eigenvalue weighted by Crippen LogP contribution is -2.39. The molecule has 0 fully saturated rings. The van der Waals surface area contributed by atoms with E-state index in [9.17, 15) is 18.3 Å². The van der Waals surface area contributed by atoms with Crippen LogP contribution in [0.3, 0.4) is 0 Å². The third kappa shape index (κ3) is 5.80. The Bertz CT molecular complexity index is 805. The minimum Gasteiger partial charge on any atom is -0.508 e. The highest BCUT2D eigenvalue weighted by molar-refractivity contribution is 5.79. The number of methoxy groups -OCH3 is 1. The van der Waals surface area contributed by atoms with E-state index in [1.54, 1.807) is 32.3 Å². The van der Waals surface area contributed by atoms with Crippen molar-refractivity contribution in [3.63, 3.8) is 0 Å². The van der Waals surface area contributed by atoms with Gasteiger partial charge in [-0.3, -0.25) is 4.99 Å². The second kappa shape index (κ2) is 9.34. The van der Waals surface area contributed by atoms with E-state index in [1.807, 2.05) is 4.90 Å². The van der Waals surface area contributed by atoms with Crippen molar-refractivity contribution in [2.75, 3.05) is 27.7 Å². The van der Waals surface area contributed by atoms with Gasteiger partial charge in [-0.05, 0) is 35.7 Å². The first kappa shape index (κ1) is 21.4.